The zero-order valence-electron chi connectivity index (χ0n) is 13.2. The van der Waals surface area contributed by atoms with Gasteiger partial charge in [-0.15, -0.1) is 0 Å². The van der Waals surface area contributed by atoms with E-state index in [0.29, 0.717) is 5.89 Å². The van der Waals surface area contributed by atoms with Crippen LogP contribution in [0.25, 0.3) is 22.8 Å². The van der Waals surface area contributed by atoms with Gasteiger partial charge in [-0.2, -0.15) is 0 Å². The van der Waals surface area contributed by atoms with E-state index in [1.165, 1.54) is 0 Å². The summed E-state index contributed by atoms with van der Waals surface area (Å²) >= 11 is 1.70. The maximum absolute atomic E-state index is 5.97. The molecule has 0 N–H and O–H groups in total. The molecule has 0 spiro atoms. The highest BCUT2D eigenvalue weighted by Gasteiger charge is 2.19. The normalized spacial score (nSPS) is 12.2. The molecule has 0 bridgehead atoms. The van der Waals surface area contributed by atoms with Crippen LogP contribution in [0, 0.1) is 0 Å². The summed E-state index contributed by atoms with van der Waals surface area (Å²) in [7, 11) is 0. The number of ether oxygens (including phenoxy) is 1. The quantitative estimate of drug-likeness (QED) is 0.379. The zero-order valence-corrected chi connectivity index (χ0v) is 14.0. The fraction of sp³-hybridized carbons (Fsp3) is 0. The van der Waals surface area contributed by atoms with Crippen LogP contribution in [0.15, 0.2) is 93.2 Å². The number of para-hydroxylation sites is 1. The van der Waals surface area contributed by atoms with E-state index in [1.807, 2.05) is 60.7 Å². The first-order valence-corrected chi connectivity index (χ1v) is 8.79. The van der Waals surface area contributed by atoms with Crippen molar-refractivity contribution in [2.75, 3.05) is 0 Å². The number of hydrogen-bond donors (Lipinski definition) is 0. The first-order valence-electron chi connectivity index (χ1n) is 7.97. The first-order chi connectivity index (χ1) is 12.4. The number of hydrogen-bond acceptors (Lipinski definition) is 4. The minimum absolute atomic E-state index is 0.612. The summed E-state index contributed by atoms with van der Waals surface area (Å²) in [5, 5.41) is 0. The Balaban J connectivity index is 1.50. The maximum atomic E-state index is 5.97. The Kier molecular flexibility index (Phi) is 3.35. The van der Waals surface area contributed by atoms with Gasteiger partial charge in [0.05, 0.1) is 16.0 Å². The van der Waals surface area contributed by atoms with Crippen LogP contribution < -0.4 is 4.74 Å². The number of aromatic nitrogens is 1. The second kappa shape index (κ2) is 5.83. The van der Waals surface area contributed by atoms with E-state index in [1.54, 1.807) is 18.0 Å². The molecule has 3 aromatic carbocycles. The molecule has 2 heterocycles. The molecule has 1 aromatic heterocycles. The van der Waals surface area contributed by atoms with E-state index in [2.05, 4.69) is 17.1 Å². The maximum Gasteiger partial charge on any atom is 0.226 e. The second-order valence-corrected chi connectivity index (χ2v) is 6.79. The molecule has 0 saturated heterocycles. The average Bonchev–Trinajstić information content (AvgIpc) is 3.17. The van der Waals surface area contributed by atoms with Gasteiger partial charge < -0.3 is 9.15 Å². The van der Waals surface area contributed by atoms with Crippen LogP contribution in [0.1, 0.15) is 0 Å². The highest BCUT2D eigenvalue weighted by Crippen LogP contribution is 2.47. The van der Waals surface area contributed by atoms with Crippen molar-refractivity contribution in [3.05, 3.63) is 79.0 Å². The van der Waals surface area contributed by atoms with Gasteiger partial charge in [0.25, 0.3) is 0 Å². The summed E-state index contributed by atoms with van der Waals surface area (Å²) in [6.07, 6.45) is 1.77. The van der Waals surface area contributed by atoms with E-state index in [0.717, 1.165) is 38.2 Å². The largest absolute Gasteiger partial charge is 0.455 e. The third-order valence-electron chi connectivity index (χ3n) is 4.04. The SMILES string of the molecule is c1ccc(-c2cnc(-c3ccc4c(c3)Sc3ccccc3O4)o2)cc1. The van der Waals surface area contributed by atoms with Gasteiger partial charge in [0.2, 0.25) is 5.89 Å². The Morgan fingerprint density at radius 3 is 2.44 bits per heavy atom. The van der Waals surface area contributed by atoms with Crippen LogP contribution in [0.4, 0.5) is 0 Å². The van der Waals surface area contributed by atoms with Gasteiger partial charge in [-0.25, -0.2) is 4.98 Å². The van der Waals surface area contributed by atoms with Gasteiger partial charge >= 0.3 is 0 Å². The fourth-order valence-corrected chi connectivity index (χ4v) is 3.79. The zero-order chi connectivity index (χ0) is 16.6. The standard InChI is InChI=1S/C21H13NO2S/c1-2-6-14(7-3-1)18-13-22-21(24-18)15-10-11-17-20(12-15)25-19-9-5-4-8-16(19)23-17/h1-13H. The van der Waals surface area contributed by atoms with Gasteiger partial charge in [0.1, 0.15) is 11.5 Å². The van der Waals surface area contributed by atoms with Gasteiger partial charge in [-0.05, 0) is 30.3 Å². The minimum atomic E-state index is 0.612. The lowest BCUT2D eigenvalue weighted by Crippen LogP contribution is -1.94. The molecule has 0 saturated carbocycles. The molecule has 4 heteroatoms. The van der Waals surface area contributed by atoms with E-state index in [4.69, 9.17) is 9.15 Å². The van der Waals surface area contributed by atoms with E-state index in [9.17, 15) is 0 Å². The molecule has 120 valence electrons. The first kappa shape index (κ1) is 14.4. The van der Waals surface area contributed by atoms with Crippen molar-refractivity contribution in [1.82, 2.24) is 4.98 Å². The predicted molar refractivity (Wildman–Crippen MR) is 98.0 cm³/mol. The van der Waals surface area contributed by atoms with Crippen molar-refractivity contribution < 1.29 is 9.15 Å². The Bertz CT molecular complexity index is 1060. The molecular formula is C21H13NO2S. The Morgan fingerprint density at radius 1 is 0.720 bits per heavy atom. The summed E-state index contributed by atoms with van der Waals surface area (Å²) in [4.78, 5) is 6.62. The summed E-state index contributed by atoms with van der Waals surface area (Å²) < 4.78 is 11.9. The molecule has 1 aliphatic rings. The molecule has 0 amide bonds. The molecule has 0 aliphatic carbocycles. The van der Waals surface area contributed by atoms with Crippen molar-refractivity contribution in [3.8, 4) is 34.3 Å². The summed E-state index contributed by atoms with van der Waals surface area (Å²) in [6.45, 7) is 0. The van der Waals surface area contributed by atoms with Crippen molar-refractivity contribution in [2.45, 2.75) is 9.79 Å². The van der Waals surface area contributed by atoms with Gasteiger partial charge in [0.15, 0.2) is 5.76 Å². The van der Waals surface area contributed by atoms with Crippen LogP contribution in [0.5, 0.6) is 11.5 Å². The van der Waals surface area contributed by atoms with Gasteiger partial charge in [-0.3, -0.25) is 0 Å². The van der Waals surface area contributed by atoms with Gasteiger partial charge in [-0.1, -0.05) is 54.2 Å². The van der Waals surface area contributed by atoms with Crippen LogP contribution in [-0.4, -0.2) is 4.98 Å². The molecule has 0 radical (unpaired) electrons. The second-order valence-electron chi connectivity index (χ2n) is 5.71. The molecule has 0 atom stereocenters. The molecule has 3 nitrogen and oxygen atoms in total. The van der Waals surface area contributed by atoms with Crippen LogP contribution in [0.2, 0.25) is 0 Å². The number of benzene rings is 3. The highest BCUT2D eigenvalue weighted by atomic mass is 32.2. The number of nitrogens with zero attached hydrogens (tertiary/aromatic N) is 1. The van der Waals surface area contributed by atoms with E-state index < -0.39 is 0 Å². The van der Waals surface area contributed by atoms with Crippen LogP contribution in [-0.2, 0) is 0 Å². The molecule has 0 fully saturated rings. The summed E-state index contributed by atoms with van der Waals surface area (Å²) in [6, 6.07) is 24.1. The Hall–Kier alpha value is -2.98. The topological polar surface area (TPSA) is 35.3 Å². The smallest absolute Gasteiger partial charge is 0.226 e. The lowest BCUT2D eigenvalue weighted by atomic mass is 10.2. The minimum Gasteiger partial charge on any atom is -0.455 e. The fourth-order valence-electron chi connectivity index (χ4n) is 2.80. The third kappa shape index (κ3) is 2.61. The molecule has 0 unspecified atom stereocenters. The average molecular weight is 343 g/mol. The molecule has 25 heavy (non-hydrogen) atoms. The van der Waals surface area contributed by atoms with Crippen molar-refractivity contribution in [1.29, 1.82) is 0 Å². The molecule has 1 aliphatic heterocycles. The van der Waals surface area contributed by atoms with Crippen LogP contribution in [0.3, 0.4) is 0 Å². The van der Waals surface area contributed by atoms with Crippen LogP contribution >= 0.6 is 11.8 Å². The molecular weight excluding hydrogens is 330 g/mol. The predicted octanol–water partition coefficient (Wildman–Crippen LogP) is 6.27. The third-order valence-corrected chi connectivity index (χ3v) is 5.14. The van der Waals surface area contributed by atoms with E-state index >= 15 is 0 Å². The lowest BCUT2D eigenvalue weighted by Gasteiger charge is -2.19. The van der Waals surface area contributed by atoms with E-state index in [-0.39, 0.29) is 0 Å². The summed E-state index contributed by atoms with van der Waals surface area (Å²) in [5.41, 5.74) is 1.96. The van der Waals surface area contributed by atoms with Crippen molar-refractivity contribution in [2.24, 2.45) is 0 Å². The van der Waals surface area contributed by atoms with Crippen molar-refractivity contribution in [3.63, 3.8) is 0 Å². The molecule has 4 aromatic rings. The van der Waals surface area contributed by atoms with Crippen molar-refractivity contribution >= 4 is 11.8 Å². The Labute approximate surface area is 149 Å². The number of fused-ring (bicyclic) bond motifs is 2. The highest BCUT2D eigenvalue weighted by molar-refractivity contribution is 7.99. The summed E-state index contributed by atoms with van der Waals surface area (Å²) in [5.74, 6) is 3.14. The monoisotopic (exact) mass is 343 g/mol. The Morgan fingerprint density at radius 2 is 1.52 bits per heavy atom. The number of rotatable bonds is 2. The number of oxazole rings is 1. The lowest BCUT2D eigenvalue weighted by molar-refractivity contribution is 0.454. The molecule has 5 rings (SSSR count). The van der Waals surface area contributed by atoms with Gasteiger partial charge in [0, 0.05) is 11.1 Å².